The Labute approximate surface area is 178 Å². The van der Waals surface area contributed by atoms with Crippen molar-refractivity contribution in [3.63, 3.8) is 0 Å². The monoisotopic (exact) mass is 431 g/mol. The fourth-order valence-electron chi connectivity index (χ4n) is 3.21. The van der Waals surface area contributed by atoms with Crippen molar-refractivity contribution < 1.29 is 28.2 Å². The molecule has 7 nitrogen and oxygen atoms in total. The largest absolute Gasteiger partial charge is 0.484 e. The molecule has 1 aliphatic rings. The molecule has 3 rings (SSSR count). The molecule has 1 saturated heterocycles. The van der Waals surface area contributed by atoms with E-state index in [2.05, 4.69) is 4.98 Å². The minimum atomic E-state index is -1.04. The highest BCUT2D eigenvalue weighted by Gasteiger charge is 2.38. The van der Waals surface area contributed by atoms with E-state index in [4.69, 9.17) is 14.7 Å². The van der Waals surface area contributed by atoms with Crippen molar-refractivity contribution in [1.29, 1.82) is 5.26 Å². The number of ether oxygens (including phenoxy) is 2. The molecular formula is C22H23F2N3O4. The Bertz CT molecular complexity index is 1020. The number of nitrogens with zero attached hydrogens (tertiary/aromatic N) is 3. The summed E-state index contributed by atoms with van der Waals surface area (Å²) in [5, 5.41) is 19.1. The number of amides is 1. The highest BCUT2D eigenvalue weighted by Crippen LogP contribution is 2.31. The molecule has 1 aliphatic heterocycles. The lowest BCUT2D eigenvalue weighted by molar-refractivity contribution is -0.0128. The summed E-state index contributed by atoms with van der Waals surface area (Å²) in [6.07, 6.45) is -1.45. The lowest BCUT2D eigenvalue weighted by atomic mass is 10.0. The van der Waals surface area contributed by atoms with E-state index in [0.29, 0.717) is 5.69 Å². The average Bonchev–Trinajstić information content (AvgIpc) is 3.08. The summed E-state index contributed by atoms with van der Waals surface area (Å²) in [7, 11) is 0. The molecule has 2 aromatic rings. The number of nitriles is 1. The van der Waals surface area contributed by atoms with Crippen LogP contribution in [-0.4, -0.2) is 39.5 Å². The van der Waals surface area contributed by atoms with Gasteiger partial charge < -0.3 is 14.6 Å². The van der Waals surface area contributed by atoms with Crippen LogP contribution in [0.15, 0.2) is 30.3 Å². The number of carbonyl (C=O) groups excluding carboxylic acids is 1. The second kappa shape index (κ2) is 8.86. The zero-order valence-corrected chi connectivity index (χ0v) is 17.4. The first-order chi connectivity index (χ1) is 14.6. The molecule has 31 heavy (non-hydrogen) atoms. The normalized spacial score (nSPS) is 18.5. The number of aliphatic hydroxyl groups excluding tert-OH is 1. The zero-order valence-electron chi connectivity index (χ0n) is 17.4. The van der Waals surface area contributed by atoms with Gasteiger partial charge in [-0.1, -0.05) is 0 Å². The van der Waals surface area contributed by atoms with Gasteiger partial charge in [0.15, 0.2) is 11.6 Å². The number of carbonyl (C=O) groups is 1. The van der Waals surface area contributed by atoms with Crippen molar-refractivity contribution >= 4 is 6.09 Å². The maximum absolute atomic E-state index is 14.2. The van der Waals surface area contributed by atoms with Gasteiger partial charge in [-0.3, -0.25) is 9.88 Å². The molecule has 0 aliphatic carbocycles. The molecule has 9 heteroatoms. The van der Waals surface area contributed by atoms with Gasteiger partial charge in [-0.05, 0) is 51.1 Å². The Morgan fingerprint density at radius 1 is 1.29 bits per heavy atom. The van der Waals surface area contributed by atoms with Gasteiger partial charge in [-0.25, -0.2) is 13.6 Å². The van der Waals surface area contributed by atoms with Crippen molar-refractivity contribution in [3.8, 4) is 11.8 Å². The number of aromatic nitrogens is 1. The number of pyridine rings is 1. The quantitative estimate of drug-likeness (QED) is 0.790. The number of hydrogen-bond acceptors (Lipinski definition) is 6. The van der Waals surface area contributed by atoms with Crippen LogP contribution in [0.2, 0.25) is 0 Å². The first kappa shape index (κ1) is 22.4. The fourth-order valence-corrected chi connectivity index (χ4v) is 3.21. The summed E-state index contributed by atoms with van der Waals surface area (Å²) in [5.74, 6) is -1.81. The molecule has 0 radical (unpaired) electrons. The van der Waals surface area contributed by atoms with Gasteiger partial charge in [0.05, 0.1) is 11.6 Å². The molecule has 1 amide bonds. The summed E-state index contributed by atoms with van der Waals surface area (Å²) < 4.78 is 38.9. The molecule has 0 bridgehead atoms. The molecule has 1 aromatic carbocycles. The third-order valence-electron chi connectivity index (χ3n) is 4.68. The summed E-state index contributed by atoms with van der Waals surface area (Å²) in [6.45, 7) is 5.03. The van der Waals surface area contributed by atoms with E-state index < -0.39 is 29.6 Å². The predicted molar refractivity (Wildman–Crippen MR) is 106 cm³/mol. The average molecular weight is 431 g/mol. The maximum Gasteiger partial charge on any atom is 0.412 e. The van der Waals surface area contributed by atoms with E-state index in [1.165, 1.54) is 29.2 Å². The lowest BCUT2D eigenvalue weighted by Crippen LogP contribution is -2.39. The molecule has 1 fully saturated rings. The summed E-state index contributed by atoms with van der Waals surface area (Å²) in [5.41, 5.74) is -0.115. The Morgan fingerprint density at radius 3 is 2.68 bits per heavy atom. The van der Waals surface area contributed by atoms with Crippen molar-refractivity contribution in [2.45, 2.75) is 51.5 Å². The molecule has 2 atom stereocenters. The van der Waals surface area contributed by atoms with Crippen molar-refractivity contribution in [2.75, 3.05) is 6.54 Å². The van der Waals surface area contributed by atoms with Crippen molar-refractivity contribution in [1.82, 2.24) is 9.88 Å². The van der Waals surface area contributed by atoms with Crippen molar-refractivity contribution in [3.05, 3.63) is 58.9 Å². The highest BCUT2D eigenvalue weighted by molar-refractivity contribution is 5.69. The SMILES string of the molecule is CC(C)(C)OC(=O)N1CC(c2ccc(F)c(COc3ccc(C#N)cc3F)n2)CC1O. The minimum Gasteiger partial charge on any atom is -0.484 e. The smallest absolute Gasteiger partial charge is 0.412 e. The molecule has 2 unspecified atom stereocenters. The first-order valence-corrected chi connectivity index (χ1v) is 9.73. The van der Waals surface area contributed by atoms with E-state index in [9.17, 15) is 18.7 Å². The molecule has 1 aromatic heterocycles. The van der Waals surface area contributed by atoms with E-state index in [1.807, 2.05) is 6.07 Å². The van der Waals surface area contributed by atoms with Gasteiger partial charge in [0.2, 0.25) is 0 Å². The zero-order chi connectivity index (χ0) is 22.8. The van der Waals surface area contributed by atoms with Crippen molar-refractivity contribution in [2.24, 2.45) is 0 Å². The van der Waals surface area contributed by atoms with Crippen LogP contribution >= 0.6 is 0 Å². The Kier molecular flexibility index (Phi) is 6.41. The number of aliphatic hydroxyl groups is 1. The lowest BCUT2D eigenvalue weighted by Gasteiger charge is -2.26. The van der Waals surface area contributed by atoms with Crippen LogP contribution in [0.25, 0.3) is 0 Å². The van der Waals surface area contributed by atoms with Gasteiger partial charge in [0.1, 0.15) is 29.9 Å². The molecule has 164 valence electrons. The van der Waals surface area contributed by atoms with Gasteiger partial charge in [-0.15, -0.1) is 0 Å². The van der Waals surface area contributed by atoms with Crippen LogP contribution < -0.4 is 4.74 Å². The summed E-state index contributed by atoms with van der Waals surface area (Å²) >= 11 is 0. The van der Waals surface area contributed by atoms with Crippen LogP contribution in [0.3, 0.4) is 0 Å². The summed E-state index contributed by atoms with van der Waals surface area (Å²) in [6, 6.07) is 8.24. The molecule has 1 N–H and O–H groups in total. The standard InChI is InChI=1S/C22H23F2N3O4/c1-22(2,3)31-21(29)27-11-14(9-20(27)28)17-6-5-15(23)18(26-17)12-30-19-7-4-13(10-25)8-16(19)24/h4-8,14,20,28H,9,11-12H2,1-3H3. The van der Waals surface area contributed by atoms with Gasteiger partial charge in [0.25, 0.3) is 0 Å². The van der Waals surface area contributed by atoms with Crippen LogP contribution in [0.5, 0.6) is 5.75 Å². The number of halogens is 2. The number of rotatable bonds is 4. The van der Waals surface area contributed by atoms with Crippen LogP contribution in [-0.2, 0) is 11.3 Å². The Hall–Kier alpha value is -3.25. The van der Waals surface area contributed by atoms with Crippen LogP contribution in [0.4, 0.5) is 13.6 Å². The second-order valence-corrected chi connectivity index (χ2v) is 8.26. The number of hydrogen-bond donors (Lipinski definition) is 1. The fraction of sp³-hybridized carbons (Fsp3) is 0.409. The van der Waals surface area contributed by atoms with E-state index >= 15 is 0 Å². The van der Waals surface area contributed by atoms with Gasteiger partial charge >= 0.3 is 6.09 Å². The third-order valence-corrected chi connectivity index (χ3v) is 4.68. The van der Waals surface area contributed by atoms with E-state index in [0.717, 1.165) is 6.07 Å². The molecule has 0 spiro atoms. The Morgan fingerprint density at radius 2 is 2.03 bits per heavy atom. The van der Waals surface area contributed by atoms with E-state index in [1.54, 1.807) is 20.8 Å². The number of likely N-dealkylation sites (tertiary alicyclic amines) is 1. The minimum absolute atomic E-state index is 0.0357. The maximum atomic E-state index is 14.2. The topological polar surface area (TPSA) is 95.7 Å². The highest BCUT2D eigenvalue weighted by atomic mass is 19.1. The first-order valence-electron chi connectivity index (χ1n) is 9.73. The number of benzene rings is 1. The molecule has 0 saturated carbocycles. The summed E-state index contributed by atoms with van der Waals surface area (Å²) in [4.78, 5) is 17.8. The van der Waals surface area contributed by atoms with Crippen LogP contribution in [0.1, 0.15) is 50.1 Å². The van der Waals surface area contributed by atoms with Crippen LogP contribution in [0, 0.1) is 23.0 Å². The molecular weight excluding hydrogens is 408 g/mol. The second-order valence-electron chi connectivity index (χ2n) is 8.26. The van der Waals surface area contributed by atoms with Gasteiger partial charge in [0, 0.05) is 24.6 Å². The van der Waals surface area contributed by atoms with Gasteiger partial charge in [-0.2, -0.15) is 5.26 Å². The molecule has 2 heterocycles. The third kappa shape index (κ3) is 5.47. The Balaban J connectivity index is 1.71. The predicted octanol–water partition coefficient (Wildman–Crippen LogP) is 3.85. The van der Waals surface area contributed by atoms with E-state index in [-0.39, 0.29) is 42.5 Å².